The highest BCUT2D eigenvalue weighted by Gasteiger charge is 2.47. The van der Waals surface area contributed by atoms with Crippen LogP contribution in [-0.4, -0.2) is 24.3 Å². The van der Waals surface area contributed by atoms with Gasteiger partial charge in [-0.15, -0.1) is 0 Å². The summed E-state index contributed by atoms with van der Waals surface area (Å²) < 4.78 is 18.3. The zero-order valence-electron chi connectivity index (χ0n) is 15.1. The lowest BCUT2D eigenvalue weighted by Gasteiger charge is -2.43. The Balaban J connectivity index is 3.06. The summed E-state index contributed by atoms with van der Waals surface area (Å²) in [6.07, 6.45) is 5.57. The predicted octanol–water partition coefficient (Wildman–Crippen LogP) is 4.78. The molecule has 0 radical (unpaired) electrons. The van der Waals surface area contributed by atoms with Crippen molar-refractivity contribution in [1.82, 2.24) is 0 Å². The molecule has 0 aromatic carbocycles. The molecule has 0 bridgehead atoms. The van der Waals surface area contributed by atoms with Crippen LogP contribution in [0.4, 0.5) is 0 Å². The van der Waals surface area contributed by atoms with Gasteiger partial charge in [-0.1, -0.05) is 19.3 Å². The van der Waals surface area contributed by atoms with E-state index in [4.69, 9.17) is 14.2 Å². The standard InChI is InChI=1S/C18H33NO3/c1-14(2)20-18(21-15(3)4,22-16(5)6)12-17(13-19)10-8-7-9-11-17/h14-16H,7-12H2,1-6H3. The lowest BCUT2D eigenvalue weighted by atomic mass is 9.72. The molecule has 22 heavy (non-hydrogen) atoms. The minimum atomic E-state index is -1.14. The maximum Gasteiger partial charge on any atom is 0.285 e. The fourth-order valence-corrected chi connectivity index (χ4v) is 3.26. The van der Waals surface area contributed by atoms with Crippen LogP contribution in [0, 0.1) is 16.7 Å². The second-order valence-corrected chi connectivity index (χ2v) is 7.31. The van der Waals surface area contributed by atoms with Crippen molar-refractivity contribution in [2.45, 2.75) is 104 Å². The first-order valence-corrected chi connectivity index (χ1v) is 8.67. The molecule has 0 aromatic heterocycles. The molecule has 0 spiro atoms. The van der Waals surface area contributed by atoms with Crippen LogP contribution in [0.15, 0.2) is 0 Å². The second kappa shape index (κ2) is 8.29. The van der Waals surface area contributed by atoms with E-state index in [1.54, 1.807) is 0 Å². The minimum Gasteiger partial charge on any atom is -0.325 e. The van der Waals surface area contributed by atoms with E-state index in [-0.39, 0.29) is 18.3 Å². The molecule has 0 N–H and O–H groups in total. The van der Waals surface area contributed by atoms with Gasteiger partial charge in [0, 0.05) is 6.42 Å². The van der Waals surface area contributed by atoms with E-state index in [0.717, 1.165) is 25.7 Å². The summed E-state index contributed by atoms with van der Waals surface area (Å²) in [6.45, 7) is 11.8. The Morgan fingerprint density at radius 1 is 0.864 bits per heavy atom. The lowest BCUT2D eigenvalue weighted by Crippen LogP contribution is -2.49. The van der Waals surface area contributed by atoms with Crippen molar-refractivity contribution in [3.05, 3.63) is 0 Å². The van der Waals surface area contributed by atoms with Crippen LogP contribution in [0.1, 0.15) is 80.1 Å². The predicted molar refractivity (Wildman–Crippen MR) is 87.1 cm³/mol. The van der Waals surface area contributed by atoms with Gasteiger partial charge in [0.05, 0.1) is 29.8 Å². The Bertz CT molecular complexity index is 338. The van der Waals surface area contributed by atoms with Gasteiger partial charge in [0.15, 0.2) is 0 Å². The van der Waals surface area contributed by atoms with Crippen LogP contribution in [0.25, 0.3) is 0 Å². The van der Waals surface area contributed by atoms with Crippen LogP contribution < -0.4 is 0 Å². The Labute approximate surface area is 136 Å². The third-order valence-corrected chi connectivity index (χ3v) is 3.85. The number of hydrogen-bond acceptors (Lipinski definition) is 4. The lowest BCUT2D eigenvalue weighted by molar-refractivity contribution is -0.418. The smallest absolute Gasteiger partial charge is 0.285 e. The third-order valence-electron chi connectivity index (χ3n) is 3.85. The molecule has 1 aliphatic carbocycles. The Morgan fingerprint density at radius 3 is 1.59 bits per heavy atom. The molecule has 0 amide bonds. The van der Waals surface area contributed by atoms with Crippen LogP contribution >= 0.6 is 0 Å². The molecular weight excluding hydrogens is 278 g/mol. The molecule has 0 unspecified atom stereocenters. The van der Waals surface area contributed by atoms with Crippen molar-refractivity contribution in [3.8, 4) is 6.07 Å². The Morgan fingerprint density at radius 2 is 1.27 bits per heavy atom. The maximum atomic E-state index is 9.79. The van der Waals surface area contributed by atoms with Gasteiger partial charge in [-0.05, 0) is 54.4 Å². The van der Waals surface area contributed by atoms with Crippen LogP contribution in [0.3, 0.4) is 0 Å². The van der Waals surface area contributed by atoms with Gasteiger partial charge in [0.1, 0.15) is 0 Å². The first-order chi connectivity index (χ1) is 10.2. The van der Waals surface area contributed by atoms with Crippen molar-refractivity contribution in [3.63, 3.8) is 0 Å². The molecule has 0 aromatic rings. The quantitative estimate of drug-likeness (QED) is 0.605. The largest absolute Gasteiger partial charge is 0.325 e. The van der Waals surface area contributed by atoms with Gasteiger partial charge in [-0.25, -0.2) is 0 Å². The van der Waals surface area contributed by atoms with E-state index in [1.165, 1.54) is 6.42 Å². The summed E-state index contributed by atoms with van der Waals surface area (Å²) in [4.78, 5) is 0. The highest BCUT2D eigenvalue weighted by Crippen LogP contribution is 2.44. The number of nitriles is 1. The summed E-state index contributed by atoms with van der Waals surface area (Å²) in [6, 6.07) is 2.55. The monoisotopic (exact) mass is 311 g/mol. The molecular formula is C18H33NO3. The second-order valence-electron chi connectivity index (χ2n) is 7.31. The average Bonchev–Trinajstić information content (AvgIpc) is 2.36. The molecule has 0 heterocycles. The molecule has 1 rings (SSSR count). The topological polar surface area (TPSA) is 51.5 Å². The summed E-state index contributed by atoms with van der Waals surface area (Å²) in [5, 5.41) is 9.79. The van der Waals surface area contributed by atoms with E-state index in [1.807, 2.05) is 41.5 Å². The molecule has 1 aliphatic rings. The summed E-state index contributed by atoms with van der Waals surface area (Å²) in [7, 11) is 0. The fourth-order valence-electron chi connectivity index (χ4n) is 3.26. The van der Waals surface area contributed by atoms with E-state index < -0.39 is 11.4 Å². The zero-order valence-corrected chi connectivity index (χ0v) is 15.1. The SMILES string of the molecule is CC(C)OC(CC1(C#N)CCCCC1)(OC(C)C)OC(C)C. The van der Waals surface area contributed by atoms with Gasteiger partial charge in [0.2, 0.25) is 0 Å². The maximum absolute atomic E-state index is 9.79. The first kappa shape index (κ1) is 19.4. The molecule has 0 atom stereocenters. The van der Waals surface area contributed by atoms with Crippen LogP contribution in [0.5, 0.6) is 0 Å². The number of ether oxygens (including phenoxy) is 3. The van der Waals surface area contributed by atoms with Crippen molar-refractivity contribution in [2.75, 3.05) is 0 Å². The molecule has 4 nitrogen and oxygen atoms in total. The molecule has 1 saturated carbocycles. The van der Waals surface area contributed by atoms with Crippen molar-refractivity contribution < 1.29 is 14.2 Å². The van der Waals surface area contributed by atoms with Crippen LogP contribution in [0.2, 0.25) is 0 Å². The minimum absolute atomic E-state index is 0.0307. The van der Waals surface area contributed by atoms with E-state index >= 15 is 0 Å². The number of hydrogen-bond donors (Lipinski definition) is 0. The molecule has 0 saturated heterocycles. The highest BCUT2D eigenvalue weighted by molar-refractivity contribution is 5.02. The van der Waals surface area contributed by atoms with Gasteiger partial charge >= 0.3 is 0 Å². The summed E-state index contributed by atoms with van der Waals surface area (Å²) in [5.41, 5.74) is -0.406. The number of nitrogens with zero attached hydrogens (tertiary/aromatic N) is 1. The van der Waals surface area contributed by atoms with Crippen LogP contribution in [-0.2, 0) is 14.2 Å². The van der Waals surface area contributed by atoms with E-state index in [0.29, 0.717) is 6.42 Å². The number of rotatable bonds is 8. The van der Waals surface area contributed by atoms with Crippen molar-refractivity contribution in [2.24, 2.45) is 5.41 Å². The van der Waals surface area contributed by atoms with E-state index in [9.17, 15) is 5.26 Å². The Hall–Kier alpha value is -0.630. The Kier molecular flexibility index (Phi) is 7.31. The third kappa shape index (κ3) is 5.87. The molecule has 1 fully saturated rings. The molecule has 4 heteroatoms. The van der Waals surface area contributed by atoms with Gasteiger partial charge in [-0.2, -0.15) is 5.26 Å². The van der Waals surface area contributed by atoms with Crippen molar-refractivity contribution in [1.29, 1.82) is 5.26 Å². The van der Waals surface area contributed by atoms with Gasteiger partial charge in [-0.3, -0.25) is 0 Å². The first-order valence-electron chi connectivity index (χ1n) is 8.67. The summed E-state index contributed by atoms with van der Waals surface area (Å²) in [5.74, 6) is -1.14. The molecule has 128 valence electrons. The fraction of sp³-hybridized carbons (Fsp3) is 0.944. The molecule has 0 aliphatic heterocycles. The normalized spacial score (nSPS) is 18.9. The zero-order chi connectivity index (χ0) is 16.8. The average molecular weight is 311 g/mol. The van der Waals surface area contributed by atoms with E-state index in [2.05, 4.69) is 6.07 Å². The van der Waals surface area contributed by atoms with Gasteiger partial charge < -0.3 is 14.2 Å². The van der Waals surface area contributed by atoms with Crippen molar-refractivity contribution >= 4 is 0 Å². The highest BCUT2D eigenvalue weighted by atomic mass is 16.9. The summed E-state index contributed by atoms with van der Waals surface area (Å²) >= 11 is 0. The van der Waals surface area contributed by atoms with Gasteiger partial charge in [0.25, 0.3) is 5.97 Å².